The van der Waals surface area contributed by atoms with Crippen LogP contribution in [0.3, 0.4) is 0 Å². The Balaban J connectivity index is 2.53. The van der Waals surface area contributed by atoms with E-state index in [4.69, 9.17) is 9.47 Å². The molecule has 1 aromatic rings. The summed E-state index contributed by atoms with van der Waals surface area (Å²) in [5.74, 6) is 0.539. The number of nitrogens with zero attached hydrogens (tertiary/aromatic N) is 1. The van der Waals surface area contributed by atoms with Crippen LogP contribution in [0.5, 0.6) is 11.5 Å². The van der Waals surface area contributed by atoms with Crippen molar-refractivity contribution >= 4 is 27.5 Å². The fraction of sp³-hybridized carbons (Fsp3) is 0.412. The van der Waals surface area contributed by atoms with Gasteiger partial charge in [-0.2, -0.15) is 5.10 Å². The van der Waals surface area contributed by atoms with Gasteiger partial charge in [-0.05, 0) is 24.6 Å². The van der Waals surface area contributed by atoms with E-state index in [1.165, 1.54) is 20.3 Å². The zero-order valence-electron chi connectivity index (χ0n) is 14.9. The van der Waals surface area contributed by atoms with Crippen molar-refractivity contribution in [3.05, 3.63) is 23.3 Å². The number of allylic oxidation sites excluding steroid dienone is 1. The van der Waals surface area contributed by atoms with Gasteiger partial charge in [0.05, 0.1) is 19.9 Å². The highest BCUT2D eigenvalue weighted by molar-refractivity contribution is 7.90. The Bertz CT molecular complexity index is 856. The largest absolute Gasteiger partial charge is 0.496 e. The lowest BCUT2D eigenvalue weighted by Crippen LogP contribution is -2.31. The van der Waals surface area contributed by atoms with Crippen molar-refractivity contribution in [2.24, 2.45) is 11.0 Å². The number of amides is 1. The molecule has 0 saturated carbocycles. The molecule has 0 spiro atoms. The third-order valence-electron chi connectivity index (χ3n) is 3.95. The van der Waals surface area contributed by atoms with Gasteiger partial charge in [0.25, 0.3) is 0 Å². The van der Waals surface area contributed by atoms with Crippen molar-refractivity contribution in [1.82, 2.24) is 5.43 Å². The van der Waals surface area contributed by atoms with E-state index in [1.54, 1.807) is 6.07 Å². The smallest absolute Gasteiger partial charge is 0.240 e. The van der Waals surface area contributed by atoms with Crippen LogP contribution in [0.15, 0.2) is 27.7 Å². The first-order valence-electron chi connectivity index (χ1n) is 7.68. The Hall–Kier alpha value is -2.35. The monoisotopic (exact) mass is 366 g/mol. The van der Waals surface area contributed by atoms with Gasteiger partial charge in [-0.1, -0.05) is 6.92 Å². The number of hydrazone groups is 1. The number of ether oxygens (including phenoxy) is 2. The van der Waals surface area contributed by atoms with Gasteiger partial charge < -0.3 is 9.47 Å². The normalized spacial score (nSPS) is 18.4. The molecule has 1 aliphatic rings. The number of rotatable bonds is 5. The summed E-state index contributed by atoms with van der Waals surface area (Å²) < 4.78 is 34.4. The Morgan fingerprint density at radius 3 is 2.44 bits per heavy atom. The molecule has 1 aliphatic heterocycles. The van der Waals surface area contributed by atoms with Crippen LogP contribution in [0, 0.1) is 5.92 Å². The SMILES string of the molecule is COc1cc(S(C)(=O)=O)c(OC)cc1C=C(C)C1=NNC(=O)CC1C. The lowest BCUT2D eigenvalue weighted by atomic mass is 9.93. The molecule has 0 bridgehead atoms. The number of hydrogen-bond donors (Lipinski definition) is 1. The summed E-state index contributed by atoms with van der Waals surface area (Å²) in [6, 6.07) is 3.06. The fourth-order valence-electron chi connectivity index (χ4n) is 2.73. The second kappa shape index (κ2) is 7.26. The minimum atomic E-state index is -3.46. The molecule has 1 aromatic carbocycles. The van der Waals surface area contributed by atoms with E-state index in [9.17, 15) is 13.2 Å². The molecule has 1 amide bonds. The average molecular weight is 366 g/mol. The third kappa shape index (κ3) is 4.19. The second-order valence-corrected chi connectivity index (χ2v) is 7.97. The molecule has 0 saturated heterocycles. The van der Waals surface area contributed by atoms with Crippen LogP contribution in [0.4, 0.5) is 0 Å². The van der Waals surface area contributed by atoms with Crippen molar-refractivity contribution in [3.63, 3.8) is 0 Å². The molecule has 7 nitrogen and oxygen atoms in total. The number of methoxy groups -OCH3 is 2. The molecule has 1 N–H and O–H groups in total. The Labute approximate surface area is 147 Å². The van der Waals surface area contributed by atoms with E-state index in [2.05, 4.69) is 10.5 Å². The van der Waals surface area contributed by atoms with E-state index < -0.39 is 9.84 Å². The second-order valence-electron chi connectivity index (χ2n) is 5.98. The van der Waals surface area contributed by atoms with Crippen LogP contribution in [0.2, 0.25) is 0 Å². The predicted molar refractivity (Wildman–Crippen MR) is 95.7 cm³/mol. The maximum Gasteiger partial charge on any atom is 0.240 e. The van der Waals surface area contributed by atoms with Crippen LogP contribution in [-0.4, -0.2) is 40.5 Å². The minimum Gasteiger partial charge on any atom is -0.496 e. The molecule has 0 aromatic heterocycles. The third-order valence-corrected chi connectivity index (χ3v) is 5.07. The number of benzene rings is 1. The molecule has 1 heterocycles. The number of nitrogens with one attached hydrogen (secondary N) is 1. The average Bonchev–Trinajstić information content (AvgIpc) is 2.53. The summed E-state index contributed by atoms with van der Waals surface area (Å²) in [7, 11) is -0.566. The molecule has 136 valence electrons. The summed E-state index contributed by atoms with van der Waals surface area (Å²) >= 11 is 0. The van der Waals surface area contributed by atoms with E-state index in [0.717, 1.165) is 17.5 Å². The highest BCUT2D eigenvalue weighted by Crippen LogP contribution is 2.33. The van der Waals surface area contributed by atoms with E-state index in [0.29, 0.717) is 17.7 Å². The van der Waals surface area contributed by atoms with E-state index in [-0.39, 0.29) is 22.5 Å². The number of carbonyl (C=O) groups excluding carboxylic acids is 1. The molecule has 25 heavy (non-hydrogen) atoms. The summed E-state index contributed by atoms with van der Waals surface area (Å²) in [5.41, 5.74) is 4.76. The van der Waals surface area contributed by atoms with Crippen LogP contribution >= 0.6 is 0 Å². The summed E-state index contributed by atoms with van der Waals surface area (Å²) in [6.45, 7) is 3.81. The molecule has 0 aliphatic carbocycles. The van der Waals surface area contributed by atoms with Gasteiger partial charge in [0.15, 0.2) is 9.84 Å². The first-order chi connectivity index (χ1) is 11.7. The van der Waals surface area contributed by atoms with Crippen LogP contribution in [0.1, 0.15) is 25.8 Å². The molecule has 2 rings (SSSR count). The van der Waals surface area contributed by atoms with Gasteiger partial charge in [0, 0.05) is 30.2 Å². The minimum absolute atomic E-state index is 0.00631. The van der Waals surface area contributed by atoms with Gasteiger partial charge in [-0.15, -0.1) is 0 Å². The van der Waals surface area contributed by atoms with Gasteiger partial charge in [-0.3, -0.25) is 4.79 Å². The molecular weight excluding hydrogens is 344 g/mol. The van der Waals surface area contributed by atoms with Gasteiger partial charge in [-0.25, -0.2) is 13.8 Å². The van der Waals surface area contributed by atoms with Crippen molar-refractivity contribution in [3.8, 4) is 11.5 Å². The van der Waals surface area contributed by atoms with E-state index >= 15 is 0 Å². The quantitative estimate of drug-likeness (QED) is 0.860. The number of sulfone groups is 1. The Morgan fingerprint density at radius 2 is 1.92 bits per heavy atom. The van der Waals surface area contributed by atoms with Crippen molar-refractivity contribution < 1.29 is 22.7 Å². The van der Waals surface area contributed by atoms with Crippen molar-refractivity contribution in [2.45, 2.75) is 25.2 Å². The van der Waals surface area contributed by atoms with Crippen LogP contribution in [-0.2, 0) is 14.6 Å². The molecular formula is C17H22N2O5S. The summed E-state index contributed by atoms with van der Waals surface area (Å²) in [5, 5.41) is 4.12. The highest BCUT2D eigenvalue weighted by Gasteiger charge is 2.22. The fourth-order valence-corrected chi connectivity index (χ4v) is 3.56. The molecule has 1 atom stereocenters. The maximum absolute atomic E-state index is 11.9. The van der Waals surface area contributed by atoms with Crippen LogP contribution in [0.25, 0.3) is 6.08 Å². The zero-order chi connectivity index (χ0) is 18.8. The van der Waals surface area contributed by atoms with E-state index in [1.807, 2.05) is 19.9 Å². The van der Waals surface area contributed by atoms with Gasteiger partial charge in [0.2, 0.25) is 5.91 Å². The Kier molecular flexibility index (Phi) is 5.52. The maximum atomic E-state index is 11.9. The molecule has 0 radical (unpaired) electrons. The van der Waals surface area contributed by atoms with Crippen molar-refractivity contribution in [2.75, 3.05) is 20.5 Å². The van der Waals surface area contributed by atoms with Gasteiger partial charge >= 0.3 is 0 Å². The van der Waals surface area contributed by atoms with Crippen molar-refractivity contribution in [1.29, 1.82) is 0 Å². The molecule has 1 unspecified atom stereocenters. The lowest BCUT2D eigenvalue weighted by molar-refractivity contribution is -0.121. The highest BCUT2D eigenvalue weighted by atomic mass is 32.2. The topological polar surface area (TPSA) is 94.1 Å². The first kappa shape index (κ1) is 19.0. The predicted octanol–water partition coefficient (Wildman–Crippen LogP) is 2.02. The standard InChI is InChI=1S/C17H22N2O5S/c1-10(17-11(2)7-16(20)18-19-17)6-12-8-14(24-4)15(25(5,21)22)9-13(12)23-3/h6,8-9,11H,7H2,1-5H3,(H,18,20). The summed E-state index contributed by atoms with van der Waals surface area (Å²) in [6.07, 6.45) is 3.32. The Morgan fingerprint density at radius 1 is 1.28 bits per heavy atom. The van der Waals surface area contributed by atoms with Gasteiger partial charge in [0.1, 0.15) is 16.4 Å². The molecule has 0 fully saturated rings. The summed E-state index contributed by atoms with van der Waals surface area (Å²) in [4.78, 5) is 11.5. The lowest BCUT2D eigenvalue weighted by Gasteiger charge is -2.20. The first-order valence-corrected chi connectivity index (χ1v) is 9.57. The molecule has 8 heteroatoms. The zero-order valence-corrected chi connectivity index (χ0v) is 15.7. The number of hydrogen-bond acceptors (Lipinski definition) is 6. The number of carbonyl (C=O) groups is 1. The van der Waals surface area contributed by atoms with Crippen LogP contribution < -0.4 is 14.9 Å².